The Kier molecular flexibility index (Phi) is 4.81. The average molecular weight is 340 g/mol. The Bertz CT molecular complexity index is 715. The van der Waals surface area contributed by atoms with E-state index < -0.39 is 0 Å². The second kappa shape index (κ2) is 7.37. The molecule has 1 aliphatic heterocycles. The summed E-state index contributed by atoms with van der Waals surface area (Å²) in [6.07, 6.45) is 5.35. The zero-order chi connectivity index (χ0) is 17.1. The van der Waals surface area contributed by atoms with Gasteiger partial charge in [-0.15, -0.1) is 0 Å². The molecule has 1 aliphatic carbocycles. The van der Waals surface area contributed by atoms with E-state index >= 15 is 0 Å². The lowest BCUT2D eigenvalue weighted by molar-refractivity contribution is 0.0911. The van der Waals surface area contributed by atoms with Gasteiger partial charge in [-0.25, -0.2) is 0 Å². The highest BCUT2D eigenvalue weighted by molar-refractivity contribution is 5.91. The minimum absolute atomic E-state index is 0.193. The molecule has 1 aromatic carbocycles. The predicted molar refractivity (Wildman–Crippen MR) is 93.9 cm³/mol. The molecule has 3 atom stereocenters. The first-order chi connectivity index (χ1) is 12.3. The van der Waals surface area contributed by atoms with Crippen LogP contribution in [0.5, 0.6) is 0 Å². The molecule has 2 fully saturated rings. The van der Waals surface area contributed by atoms with Gasteiger partial charge in [0, 0.05) is 24.7 Å². The fraction of sp³-hybridized carbons (Fsp3) is 0.474. The number of hydrogen-bond acceptors (Lipinski definition) is 5. The number of nitrogens with zero attached hydrogens (tertiary/aromatic N) is 1. The highest BCUT2D eigenvalue weighted by Crippen LogP contribution is 2.31. The maximum Gasteiger partial charge on any atom is 0.289 e. The van der Waals surface area contributed by atoms with Crippen molar-refractivity contribution in [3.63, 3.8) is 0 Å². The number of carbonyl (C=O) groups excluding carboxylic acids is 1. The molecule has 4 rings (SSSR count). The number of aryl methyl sites for hydroxylation is 2. The summed E-state index contributed by atoms with van der Waals surface area (Å²) in [6.45, 7) is 0.604. The van der Waals surface area contributed by atoms with Crippen molar-refractivity contribution in [2.45, 2.75) is 44.2 Å². The Morgan fingerprint density at radius 1 is 1.20 bits per heavy atom. The lowest BCUT2D eigenvalue weighted by Crippen LogP contribution is -2.42. The van der Waals surface area contributed by atoms with Gasteiger partial charge in [0.2, 0.25) is 5.76 Å². The summed E-state index contributed by atoms with van der Waals surface area (Å²) in [5.41, 5.74) is 8.69. The Morgan fingerprint density at radius 3 is 2.96 bits per heavy atom. The Morgan fingerprint density at radius 2 is 2.08 bits per heavy atom. The van der Waals surface area contributed by atoms with E-state index in [4.69, 9.17) is 4.52 Å². The summed E-state index contributed by atoms with van der Waals surface area (Å²) < 4.78 is 5.22. The minimum atomic E-state index is -0.193. The smallest absolute Gasteiger partial charge is 0.289 e. The van der Waals surface area contributed by atoms with E-state index in [-0.39, 0.29) is 17.7 Å². The highest BCUT2D eigenvalue weighted by Gasteiger charge is 2.38. The van der Waals surface area contributed by atoms with Crippen molar-refractivity contribution >= 4 is 5.91 Å². The monoisotopic (exact) mass is 340 g/mol. The molecular formula is C19H24N4O2. The van der Waals surface area contributed by atoms with Gasteiger partial charge in [-0.2, -0.15) is 0 Å². The molecule has 3 N–H and O–H groups in total. The van der Waals surface area contributed by atoms with Crippen molar-refractivity contribution in [1.29, 1.82) is 0 Å². The van der Waals surface area contributed by atoms with E-state index in [0.29, 0.717) is 18.5 Å². The number of hydrazine groups is 1. The standard InChI is InChI=1S/C19H24N4O2/c24-19(20-12-17-15-7-4-8-16(15)21-22-17)18-11-14(23-25-18)10-9-13-5-2-1-3-6-13/h1-3,5-6,11,15-17,21-22H,4,7-10,12H2,(H,20,24). The number of fused-ring (bicyclic) bond motifs is 1. The van der Waals surface area contributed by atoms with Crippen LogP contribution in [0, 0.1) is 5.92 Å². The molecule has 1 amide bonds. The largest absolute Gasteiger partial charge is 0.351 e. The predicted octanol–water partition coefficient (Wildman–Crippen LogP) is 1.83. The van der Waals surface area contributed by atoms with Gasteiger partial charge in [0.25, 0.3) is 5.91 Å². The first-order valence-electron chi connectivity index (χ1n) is 9.08. The van der Waals surface area contributed by atoms with E-state index in [1.807, 2.05) is 18.2 Å². The normalized spacial score (nSPS) is 25.0. The quantitative estimate of drug-likeness (QED) is 0.748. The third kappa shape index (κ3) is 3.75. The second-order valence-corrected chi connectivity index (χ2v) is 6.97. The first kappa shape index (κ1) is 16.3. The minimum Gasteiger partial charge on any atom is -0.351 e. The summed E-state index contributed by atoms with van der Waals surface area (Å²) >= 11 is 0. The van der Waals surface area contributed by atoms with Gasteiger partial charge in [-0.3, -0.25) is 15.6 Å². The molecule has 25 heavy (non-hydrogen) atoms. The van der Waals surface area contributed by atoms with E-state index in [1.165, 1.54) is 24.8 Å². The van der Waals surface area contributed by atoms with Gasteiger partial charge in [0.1, 0.15) is 0 Å². The van der Waals surface area contributed by atoms with Crippen LogP contribution in [0.3, 0.4) is 0 Å². The van der Waals surface area contributed by atoms with Crippen LogP contribution >= 0.6 is 0 Å². The fourth-order valence-electron chi connectivity index (χ4n) is 3.92. The summed E-state index contributed by atoms with van der Waals surface area (Å²) in [5, 5.41) is 6.99. The van der Waals surface area contributed by atoms with Crippen molar-refractivity contribution in [1.82, 2.24) is 21.3 Å². The molecule has 0 bridgehead atoms. The number of amides is 1. The zero-order valence-corrected chi connectivity index (χ0v) is 14.2. The topological polar surface area (TPSA) is 79.2 Å². The molecule has 2 aromatic rings. The number of aromatic nitrogens is 1. The SMILES string of the molecule is O=C(NCC1NNC2CCCC21)c1cc(CCc2ccccc2)no1. The number of rotatable bonds is 6. The van der Waals surface area contributed by atoms with Crippen molar-refractivity contribution in [2.24, 2.45) is 5.92 Å². The molecule has 6 nitrogen and oxygen atoms in total. The molecule has 3 unspecified atom stereocenters. The maximum absolute atomic E-state index is 12.3. The Labute approximate surface area is 147 Å². The Hall–Kier alpha value is -2.18. The summed E-state index contributed by atoms with van der Waals surface area (Å²) in [7, 11) is 0. The van der Waals surface area contributed by atoms with E-state index in [0.717, 1.165) is 18.5 Å². The van der Waals surface area contributed by atoms with Gasteiger partial charge in [-0.05, 0) is 37.2 Å². The summed E-state index contributed by atoms with van der Waals surface area (Å²) in [5.74, 6) is 0.704. The Balaban J connectivity index is 1.27. The molecule has 0 radical (unpaired) electrons. The first-order valence-corrected chi connectivity index (χ1v) is 9.08. The molecule has 6 heteroatoms. The molecule has 2 heterocycles. The zero-order valence-electron chi connectivity index (χ0n) is 14.2. The van der Waals surface area contributed by atoms with Crippen LogP contribution < -0.4 is 16.2 Å². The van der Waals surface area contributed by atoms with Crippen molar-refractivity contribution in [3.8, 4) is 0 Å². The van der Waals surface area contributed by atoms with Gasteiger partial charge in [-0.1, -0.05) is 41.9 Å². The van der Waals surface area contributed by atoms with Crippen LogP contribution in [-0.4, -0.2) is 29.7 Å². The molecule has 1 saturated heterocycles. The summed E-state index contributed by atoms with van der Waals surface area (Å²) in [6, 6.07) is 12.8. The molecule has 1 saturated carbocycles. The number of benzene rings is 1. The lowest BCUT2D eigenvalue weighted by atomic mass is 9.97. The molecule has 2 aliphatic rings. The van der Waals surface area contributed by atoms with Gasteiger partial charge in [0.05, 0.1) is 5.69 Å². The number of carbonyl (C=O) groups is 1. The van der Waals surface area contributed by atoms with Crippen LogP contribution in [0.15, 0.2) is 40.9 Å². The molecule has 1 aromatic heterocycles. The van der Waals surface area contributed by atoms with Crippen LogP contribution in [0.4, 0.5) is 0 Å². The molecular weight excluding hydrogens is 316 g/mol. The maximum atomic E-state index is 12.3. The number of hydrogen-bond donors (Lipinski definition) is 3. The fourth-order valence-corrected chi connectivity index (χ4v) is 3.92. The lowest BCUT2D eigenvalue weighted by Gasteiger charge is -2.16. The van der Waals surface area contributed by atoms with Crippen LogP contribution in [0.25, 0.3) is 0 Å². The van der Waals surface area contributed by atoms with Gasteiger partial charge in [0.15, 0.2) is 0 Å². The summed E-state index contributed by atoms with van der Waals surface area (Å²) in [4.78, 5) is 12.3. The average Bonchev–Trinajstić information content (AvgIpc) is 3.36. The van der Waals surface area contributed by atoms with Crippen molar-refractivity contribution in [2.75, 3.05) is 6.54 Å². The number of nitrogens with one attached hydrogen (secondary N) is 3. The van der Waals surface area contributed by atoms with E-state index in [1.54, 1.807) is 6.07 Å². The highest BCUT2D eigenvalue weighted by atomic mass is 16.5. The van der Waals surface area contributed by atoms with Crippen molar-refractivity contribution < 1.29 is 9.32 Å². The van der Waals surface area contributed by atoms with E-state index in [9.17, 15) is 4.79 Å². The third-order valence-corrected chi connectivity index (χ3v) is 5.32. The third-order valence-electron chi connectivity index (χ3n) is 5.32. The van der Waals surface area contributed by atoms with Gasteiger partial charge < -0.3 is 9.84 Å². The molecule has 132 valence electrons. The van der Waals surface area contributed by atoms with Crippen LogP contribution in [0.2, 0.25) is 0 Å². The van der Waals surface area contributed by atoms with Crippen LogP contribution in [-0.2, 0) is 12.8 Å². The van der Waals surface area contributed by atoms with E-state index in [2.05, 4.69) is 33.5 Å². The van der Waals surface area contributed by atoms with Crippen LogP contribution in [0.1, 0.15) is 41.1 Å². The second-order valence-electron chi connectivity index (χ2n) is 6.97. The van der Waals surface area contributed by atoms with Gasteiger partial charge >= 0.3 is 0 Å². The molecule has 0 spiro atoms. The van der Waals surface area contributed by atoms with Crippen molar-refractivity contribution in [3.05, 3.63) is 53.4 Å².